The molecule has 146 valence electrons. The summed E-state index contributed by atoms with van der Waals surface area (Å²) in [7, 11) is 0. The number of rotatable bonds is 5. The number of H-pyrrole nitrogens is 1. The number of hydrogen-bond acceptors (Lipinski definition) is 4. The lowest BCUT2D eigenvalue weighted by molar-refractivity contribution is -0.128. The van der Waals surface area contributed by atoms with Crippen molar-refractivity contribution in [2.75, 3.05) is 13.1 Å². The van der Waals surface area contributed by atoms with Crippen LogP contribution in [0.5, 0.6) is 0 Å². The molecule has 0 aromatic carbocycles. The van der Waals surface area contributed by atoms with Crippen LogP contribution in [0.25, 0.3) is 0 Å². The summed E-state index contributed by atoms with van der Waals surface area (Å²) in [4.78, 5) is 33.4. The Morgan fingerprint density at radius 1 is 1.27 bits per heavy atom. The molecule has 2 saturated carbocycles. The van der Waals surface area contributed by atoms with Crippen LogP contribution in [0.4, 0.5) is 0 Å². The van der Waals surface area contributed by atoms with E-state index >= 15 is 0 Å². The van der Waals surface area contributed by atoms with Crippen molar-refractivity contribution < 1.29 is 4.79 Å². The second-order valence-corrected chi connectivity index (χ2v) is 7.76. The molecule has 2 aliphatic carbocycles. The van der Waals surface area contributed by atoms with Crippen LogP contribution >= 0.6 is 24.8 Å². The van der Waals surface area contributed by atoms with E-state index in [0.29, 0.717) is 18.3 Å². The predicted octanol–water partition coefficient (Wildman–Crippen LogP) is 2.05. The first-order valence-corrected chi connectivity index (χ1v) is 9.18. The van der Waals surface area contributed by atoms with Crippen molar-refractivity contribution in [2.24, 2.45) is 17.8 Å². The Morgan fingerprint density at radius 3 is 2.58 bits per heavy atom. The molecule has 2 atom stereocenters. The number of aromatic amines is 1. The standard InChI is InChI=1S/C18H26N4O2.2ClH/c1-11-19-14(7-17(23)20-11)8-22-9-15(12-5-6-12)16(10-22)21-18(24)13-3-2-4-13;;/h7,12-13,15-16H,2-6,8-10H2,1H3,(H,21,24)(H,19,20,23);2*1H/t15-,16+;;/m1../s1. The van der Waals surface area contributed by atoms with Gasteiger partial charge in [-0.1, -0.05) is 6.42 Å². The molecule has 0 bridgehead atoms. The Morgan fingerprint density at radius 2 is 2.00 bits per heavy atom. The molecule has 0 unspecified atom stereocenters. The summed E-state index contributed by atoms with van der Waals surface area (Å²) < 4.78 is 0. The van der Waals surface area contributed by atoms with E-state index < -0.39 is 0 Å². The molecule has 26 heavy (non-hydrogen) atoms. The third-order valence-corrected chi connectivity index (χ3v) is 5.77. The van der Waals surface area contributed by atoms with E-state index in [1.807, 2.05) is 6.92 Å². The number of nitrogens with zero attached hydrogens (tertiary/aromatic N) is 2. The Kier molecular flexibility index (Phi) is 7.11. The van der Waals surface area contributed by atoms with Crippen molar-refractivity contribution in [3.63, 3.8) is 0 Å². The Hall–Kier alpha value is -1.11. The minimum absolute atomic E-state index is 0. The van der Waals surface area contributed by atoms with Gasteiger partial charge in [0.1, 0.15) is 5.82 Å². The van der Waals surface area contributed by atoms with Crippen LogP contribution in [0.2, 0.25) is 0 Å². The number of aromatic nitrogens is 2. The quantitative estimate of drug-likeness (QED) is 0.789. The molecule has 0 spiro atoms. The maximum absolute atomic E-state index is 12.3. The molecular weight excluding hydrogens is 375 g/mol. The maximum Gasteiger partial charge on any atom is 0.251 e. The van der Waals surface area contributed by atoms with Crippen LogP contribution in [-0.4, -0.2) is 39.9 Å². The third-order valence-electron chi connectivity index (χ3n) is 5.77. The largest absolute Gasteiger partial charge is 0.352 e. The molecule has 3 fully saturated rings. The average molecular weight is 403 g/mol. The molecule has 1 aromatic heterocycles. The Labute approximate surface area is 166 Å². The number of hydrogen-bond donors (Lipinski definition) is 2. The van der Waals surface area contributed by atoms with E-state index in [9.17, 15) is 9.59 Å². The number of amides is 1. The number of carbonyl (C=O) groups is 1. The van der Waals surface area contributed by atoms with Crippen molar-refractivity contribution in [3.05, 3.63) is 27.9 Å². The summed E-state index contributed by atoms with van der Waals surface area (Å²) in [5, 5.41) is 3.32. The Balaban J connectivity index is 0.00000121. The molecule has 2 N–H and O–H groups in total. The zero-order valence-electron chi connectivity index (χ0n) is 15.1. The number of halogens is 2. The fourth-order valence-electron chi connectivity index (χ4n) is 4.12. The number of carbonyl (C=O) groups excluding carboxylic acids is 1. The van der Waals surface area contributed by atoms with Gasteiger partial charge in [-0.15, -0.1) is 24.8 Å². The summed E-state index contributed by atoms with van der Waals surface area (Å²) in [6, 6.07) is 1.84. The van der Waals surface area contributed by atoms with E-state index in [2.05, 4.69) is 20.2 Å². The fourth-order valence-corrected chi connectivity index (χ4v) is 4.12. The zero-order valence-corrected chi connectivity index (χ0v) is 16.7. The molecule has 1 saturated heterocycles. The summed E-state index contributed by atoms with van der Waals surface area (Å²) >= 11 is 0. The SMILES string of the molecule is Cc1nc(CN2C[C@H](NC(=O)C3CCC3)[C@@H](C3CC3)C2)cc(=O)[nH]1.Cl.Cl. The van der Waals surface area contributed by atoms with Gasteiger partial charge in [0.25, 0.3) is 5.56 Å². The Bertz CT molecular complexity index is 688. The van der Waals surface area contributed by atoms with Gasteiger partial charge in [0.15, 0.2) is 0 Å². The van der Waals surface area contributed by atoms with Crippen LogP contribution in [0.15, 0.2) is 10.9 Å². The highest BCUT2D eigenvalue weighted by Gasteiger charge is 2.43. The summed E-state index contributed by atoms with van der Waals surface area (Å²) in [5.41, 5.74) is 0.724. The first-order chi connectivity index (χ1) is 11.6. The highest BCUT2D eigenvalue weighted by atomic mass is 35.5. The van der Waals surface area contributed by atoms with E-state index in [1.165, 1.54) is 19.3 Å². The zero-order chi connectivity index (χ0) is 16.7. The normalized spacial score (nSPS) is 25.7. The van der Waals surface area contributed by atoms with Crippen LogP contribution in [0.1, 0.15) is 43.6 Å². The summed E-state index contributed by atoms with van der Waals surface area (Å²) in [6.07, 6.45) is 5.86. The molecule has 3 aliphatic rings. The molecule has 2 heterocycles. The number of aryl methyl sites for hydroxylation is 1. The number of likely N-dealkylation sites (tertiary alicyclic amines) is 1. The minimum Gasteiger partial charge on any atom is -0.352 e. The lowest BCUT2D eigenvalue weighted by atomic mass is 9.84. The van der Waals surface area contributed by atoms with Crippen molar-refractivity contribution in [2.45, 2.75) is 51.6 Å². The lowest BCUT2D eigenvalue weighted by Gasteiger charge is -2.28. The summed E-state index contributed by atoms with van der Waals surface area (Å²) in [5.74, 6) is 2.47. The average Bonchev–Trinajstić information content (AvgIpc) is 3.19. The first kappa shape index (κ1) is 21.2. The van der Waals surface area contributed by atoms with Gasteiger partial charge in [0.05, 0.1) is 5.69 Å². The van der Waals surface area contributed by atoms with Gasteiger partial charge in [-0.2, -0.15) is 0 Å². The molecule has 1 aromatic rings. The van der Waals surface area contributed by atoms with Gasteiger partial charge in [0, 0.05) is 37.7 Å². The minimum atomic E-state index is -0.0923. The van der Waals surface area contributed by atoms with Crippen LogP contribution in [0.3, 0.4) is 0 Å². The molecule has 1 aliphatic heterocycles. The van der Waals surface area contributed by atoms with Crippen molar-refractivity contribution in [1.29, 1.82) is 0 Å². The summed E-state index contributed by atoms with van der Waals surface area (Å²) in [6.45, 7) is 4.36. The van der Waals surface area contributed by atoms with Gasteiger partial charge in [-0.25, -0.2) is 4.98 Å². The first-order valence-electron chi connectivity index (χ1n) is 9.18. The van der Waals surface area contributed by atoms with Gasteiger partial charge < -0.3 is 10.3 Å². The second-order valence-electron chi connectivity index (χ2n) is 7.76. The van der Waals surface area contributed by atoms with Gasteiger partial charge in [0.2, 0.25) is 5.91 Å². The third kappa shape index (κ3) is 4.78. The lowest BCUT2D eigenvalue weighted by Crippen LogP contribution is -2.45. The maximum atomic E-state index is 12.3. The van der Waals surface area contributed by atoms with E-state index in [4.69, 9.17) is 0 Å². The van der Waals surface area contributed by atoms with E-state index in [-0.39, 0.29) is 48.2 Å². The molecular formula is C18H28Cl2N4O2. The van der Waals surface area contributed by atoms with Gasteiger partial charge in [-0.3, -0.25) is 14.5 Å². The number of nitrogens with one attached hydrogen (secondary N) is 2. The highest BCUT2D eigenvalue weighted by Crippen LogP contribution is 2.42. The second kappa shape index (κ2) is 8.72. The van der Waals surface area contributed by atoms with Gasteiger partial charge in [-0.05, 0) is 44.4 Å². The van der Waals surface area contributed by atoms with E-state index in [0.717, 1.165) is 37.5 Å². The fraction of sp³-hybridized carbons (Fsp3) is 0.722. The van der Waals surface area contributed by atoms with Gasteiger partial charge >= 0.3 is 0 Å². The monoisotopic (exact) mass is 402 g/mol. The predicted molar refractivity (Wildman–Crippen MR) is 105 cm³/mol. The molecule has 1 amide bonds. The van der Waals surface area contributed by atoms with Crippen LogP contribution in [0, 0.1) is 24.7 Å². The topological polar surface area (TPSA) is 78.1 Å². The van der Waals surface area contributed by atoms with Crippen molar-refractivity contribution in [3.8, 4) is 0 Å². The molecule has 0 radical (unpaired) electrons. The van der Waals surface area contributed by atoms with Crippen LogP contribution in [-0.2, 0) is 11.3 Å². The highest BCUT2D eigenvalue weighted by molar-refractivity contribution is 5.85. The molecule has 4 rings (SSSR count). The van der Waals surface area contributed by atoms with E-state index in [1.54, 1.807) is 6.07 Å². The molecule has 6 nitrogen and oxygen atoms in total. The smallest absolute Gasteiger partial charge is 0.251 e. The molecule has 8 heteroatoms. The van der Waals surface area contributed by atoms with Crippen LogP contribution < -0.4 is 10.9 Å². The van der Waals surface area contributed by atoms with Crippen molar-refractivity contribution in [1.82, 2.24) is 20.2 Å². The van der Waals surface area contributed by atoms with Crippen molar-refractivity contribution >= 4 is 30.7 Å².